The zero-order valence-corrected chi connectivity index (χ0v) is 21.4. The minimum Gasteiger partial charge on any atom is -0.391 e. The smallest absolute Gasteiger partial charge is 0.275 e. The molecule has 6 rings (SSSR count). The number of nitrogens with zero attached hydrogens (tertiary/aromatic N) is 3. The number of piperazine rings is 1. The topological polar surface area (TPSA) is 70.4 Å². The van der Waals surface area contributed by atoms with Crippen LogP contribution in [0.5, 0.6) is 0 Å². The molecule has 2 heterocycles. The average molecular weight is 507 g/mol. The van der Waals surface area contributed by atoms with Crippen LogP contribution in [-0.4, -0.2) is 57.2 Å². The van der Waals surface area contributed by atoms with Crippen molar-refractivity contribution < 1.29 is 9.90 Å². The molecule has 1 amide bonds. The summed E-state index contributed by atoms with van der Waals surface area (Å²) in [5.74, 6) is 0.418. The van der Waals surface area contributed by atoms with Crippen molar-refractivity contribution in [3.63, 3.8) is 0 Å². The fraction of sp³-hybridized carbons (Fsp3) is 0.448. The minimum absolute atomic E-state index is 0. The van der Waals surface area contributed by atoms with Crippen LogP contribution in [0.2, 0.25) is 0 Å². The van der Waals surface area contributed by atoms with Gasteiger partial charge in [-0.1, -0.05) is 67.4 Å². The number of amides is 1. The van der Waals surface area contributed by atoms with E-state index in [1.54, 1.807) is 6.33 Å². The summed E-state index contributed by atoms with van der Waals surface area (Å²) in [7, 11) is 0. The molecule has 2 aromatic carbocycles. The Morgan fingerprint density at radius 2 is 1.64 bits per heavy atom. The molecule has 0 radical (unpaired) electrons. The quantitative estimate of drug-likeness (QED) is 0.554. The highest BCUT2D eigenvalue weighted by Crippen LogP contribution is 2.36. The Balaban J connectivity index is 0.00000267. The first-order valence-corrected chi connectivity index (χ1v) is 13.1. The van der Waals surface area contributed by atoms with Crippen molar-refractivity contribution in [2.45, 2.75) is 56.7 Å². The third-order valence-corrected chi connectivity index (χ3v) is 8.27. The van der Waals surface area contributed by atoms with Crippen LogP contribution in [0.3, 0.4) is 0 Å². The normalized spacial score (nSPS) is 24.2. The van der Waals surface area contributed by atoms with Crippen LogP contribution >= 0.6 is 12.4 Å². The number of benzene rings is 2. The molecule has 0 bridgehead atoms. The zero-order chi connectivity index (χ0) is 23.8. The average Bonchev–Trinajstić information content (AvgIpc) is 3.54. The maximum atomic E-state index is 14.2. The van der Waals surface area contributed by atoms with E-state index in [4.69, 9.17) is 4.98 Å². The van der Waals surface area contributed by atoms with Gasteiger partial charge in [-0.2, -0.15) is 0 Å². The van der Waals surface area contributed by atoms with Gasteiger partial charge in [-0.05, 0) is 42.7 Å². The number of halogens is 1. The molecular weight excluding hydrogens is 472 g/mol. The number of rotatable bonds is 4. The molecule has 1 aliphatic heterocycles. The van der Waals surface area contributed by atoms with Gasteiger partial charge in [0.15, 0.2) is 5.69 Å². The van der Waals surface area contributed by atoms with Crippen molar-refractivity contribution in [1.82, 2.24) is 19.8 Å². The second-order valence-electron chi connectivity index (χ2n) is 10.3. The molecule has 1 aromatic heterocycles. The highest BCUT2D eigenvalue weighted by Gasteiger charge is 2.38. The Bertz CT molecular complexity index is 1170. The van der Waals surface area contributed by atoms with Crippen molar-refractivity contribution in [1.29, 1.82) is 0 Å². The maximum absolute atomic E-state index is 14.2. The Hall–Kier alpha value is -2.67. The number of hydrogen-bond donors (Lipinski definition) is 2. The molecule has 190 valence electrons. The van der Waals surface area contributed by atoms with Crippen LogP contribution in [0, 0.1) is 5.92 Å². The predicted octanol–water partition coefficient (Wildman–Crippen LogP) is 4.28. The molecule has 2 N–H and O–H groups in total. The van der Waals surface area contributed by atoms with Crippen molar-refractivity contribution in [2.24, 2.45) is 5.92 Å². The van der Waals surface area contributed by atoms with Gasteiger partial charge < -0.3 is 19.9 Å². The zero-order valence-electron chi connectivity index (χ0n) is 20.6. The van der Waals surface area contributed by atoms with E-state index >= 15 is 0 Å². The van der Waals surface area contributed by atoms with Gasteiger partial charge in [0.05, 0.1) is 24.2 Å². The van der Waals surface area contributed by atoms with E-state index in [0.717, 1.165) is 62.9 Å². The lowest BCUT2D eigenvalue weighted by Crippen LogP contribution is -2.57. The summed E-state index contributed by atoms with van der Waals surface area (Å²) in [6.45, 7) is 2.29. The molecule has 3 aliphatic rings. The highest BCUT2D eigenvalue weighted by molar-refractivity contribution is 5.98. The fourth-order valence-electron chi connectivity index (χ4n) is 6.47. The van der Waals surface area contributed by atoms with Gasteiger partial charge in [0.25, 0.3) is 5.91 Å². The highest BCUT2D eigenvalue weighted by atomic mass is 35.5. The molecule has 6 nitrogen and oxygen atoms in total. The van der Waals surface area contributed by atoms with Gasteiger partial charge >= 0.3 is 0 Å². The molecular formula is C29H35ClN4O2. The number of aliphatic hydroxyl groups is 1. The number of fused-ring (bicyclic) bond motifs is 1. The first-order chi connectivity index (χ1) is 17.2. The van der Waals surface area contributed by atoms with Gasteiger partial charge in [0.1, 0.15) is 0 Å². The Labute approximate surface area is 219 Å². The van der Waals surface area contributed by atoms with Gasteiger partial charge in [0.2, 0.25) is 0 Å². The van der Waals surface area contributed by atoms with Crippen LogP contribution in [0.25, 0.3) is 11.3 Å². The number of imidazole rings is 1. The van der Waals surface area contributed by atoms with E-state index < -0.39 is 6.10 Å². The predicted molar refractivity (Wildman–Crippen MR) is 143 cm³/mol. The molecule has 2 fully saturated rings. The summed E-state index contributed by atoms with van der Waals surface area (Å²) in [5.41, 5.74) is 5.16. The molecule has 1 saturated carbocycles. The number of aromatic nitrogens is 2. The summed E-state index contributed by atoms with van der Waals surface area (Å²) in [6.07, 6.45) is 7.24. The number of hydrogen-bond acceptors (Lipinski definition) is 4. The summed E-state index contributed by atoms with van der Waals surface area (Å²) in [6, 6.07) is 18.8. The number of carbonyl (C=O) groups excluding carboxylic acids is 1. The number of nitrogens with one attached hydrogen (secondary N) is 1. The van der Waals surface area contributed by atoms with Crippen molar-refractivity contribution in [3.8, 4) is 11.3 Å². The monoisotopic (exact) mass is 506 g/mol. The third kappa shape index (κ3) is 4.58. The standard InChI is InChI=1S/C29H34N4O2.ClH/c34-26-13-7-6-12-24(26)33-19-31-27(28(33)20-8-2-1-3-9-20)29(35)32-15-14-30-18-25(32)23-16-21-10-4-5-11-22(21)17-23;/h1-5,8-11,19,23-26,30,34H,6-7,12-18H2;1H/t24-,25-,26+;/m0./s1. The van der Waals surface area contributed by atoms with Crippen molar-refractivity contribution in [3.05, 3.63) is 77.7 Å². The van der Waals surface area contributed by atoms with E-state index in [1.165, 1.54) is 11.1 Å². The van der Waals surface area contributed by atoms with Crippen molar-refractivity contribution >= 4 is 18.3 Å². The Morgan fingerprint density at radius 1 is 0.944 bits per heavy atom. The molecule has 1 saturated heterocycles. The molecule has 36 heavy (non-hydrogen) atoms. The first kappa shape index (κ1) is 25.0. The minimum atomic E-state index is -0.410. The summed E-state index contributed by atoms with van der Waals surface area (Å²) in [5, 5.41) is 14.3. The van der Waals surface area contributed by atoms with Gasteiger partial charge in [-0.15, -0.1) is 12.4 Å². The SMILES string of the molecule is Cl.O=C(c1ncn([C@H]2CCCC[C@H]2O)c1-c1ccccc1)N1CCNC[C@H]1C1Cc2ccccc2C1. The third-order valence-electron chi connectivity index (χ3n) is 8.27. The lowest BCUT2D eigenvalue weighted by molar-refractivity contribution is 0.0547. The lowest BCUT2D eigenvalue weighted by atomic mass is 9.91. The second kappa shape index (κ2) is 10.8. The fourth-order valence-corrected chi connectivity index (χ4v) is 6.47. The number of aliphatic hydroxyl groups excluding tert-OH is 1. The largest absolute Gasteiger partial charge is 0.391 e. The number of carbonyl (C=O) groups is 1. The first-order valence-electron chi connectivity index (χ1n) is 13.1. The summed E-state index contributed by atoms with van der Waals surface area (Å²) < 4.78 is 2.08. The van der Waals surface area contributed by atoms with E-state index in [-0.39, 0.29) is 30.4 Å². The molecule has 2 aliphatic carbocycles. The van der Waals surface area contributed by atoms with Crippen LogP contribution < -0.4 is 5.32 Å². The Morgan fingerprint density at radius 3 is 2.36 bits per heavy atom. The van der Waals surface area contributed by atoms with Crippen LogP contribution in [0.1, 0.15) is 53.3 Å². The maximum Gasteiger partial charge on any atom is 0.275 e. The summed E-state index contributed by atoms with van der Waals surface area (Å²) >= 11 is 0. The lowest BCUT2D eigenvalue weighted by Gasteiger charge is -2.39. The van der Waals surface area contributed by atoms with E-state index in [9.17, 15) is 9.90 Å². The second-order valence-corrected chi connectivity index (χ2v) is 10.3. The van der Waals surface area contributed by atoms with Crippen LogP contribution in [0.15, 0.2) is 60.9 Å². The van der Waals surface area contributed by atoms with Crippen LogP contribution in [-0.2, 0) is 12.8 Å². The Kier molecular flexibility index (Phi) is 7.47. The van der Waals surface area contributed by atoms with E-state index in [1.807, 2.05) is 30.3 Å². The molecule has 3 atom stereocenters. The van der Waals surface area contributed by atoms with E-state index in [0.29, 0.717) is 18.2 Å². The molecule has 7 heteroatoms. The van der Waals surface area contributed by atoms with Crippen molar-refractivity contribution in [2.75, 3.05) is 19.6 Å². The summed E-state index contributed by atoms with van der Waals surface area (Å²) in [4.78, 5) is 21.0. The van der Waals surface area contributed by atoms with E-state index in [2.05, 4.69) is 39.0 Å². The van der Waals surface area contributed by atoms with Gasteiger partial charge in [-0.25, -0.2) is 4.98 Å². The van der Waals surface area contributed by atoms with Crippen LogP contribution in [0.4, 0.5) is 0 Å². The molecule has 3 aromatic rings. The molecule has 0 unspecified atom stereocenters. The van der Waals surface area contributed by atoms with Gasteiger partial charge in [-0.3, -0.25) is 4.79 Å². The van der Waals surface area contributed by atoms with Gasteiger partial charge in [0, 0.05) is 31.2 Å². The molecule has 0 spiro atoms.